The van der Waals surface area contributed by atoms with Crippen LogP contribution in [0.1, 0.15) is 22.0 Å². The smallest absolute Gasteiger partial charge is 0.308 e. The van der Waals surface area contributed by atoms with Crippen LogP contribution in [-0.2, 0) is 20.8 Å². The second-order valence-corrected chi connectivity index (χ2v) is 9.32. The first kappa shape index (κ1) is 21.3. The average molecular weight is 454 g/mol. The van der Waals surface area contributed by atoms with Crippen LogP contribution in [0, 0.1) is 17.8 Å². The lowest BCUT2D eigenvalue weighted by Gasteiger charge is -2.39. The molecule has 2 N–H and O–H groups in total. The Balaban J connectivity index is 1.55. The Hall–Kier alpha value is -2.96. The van der Waals surface area contributed by atoms with Crippen LogP contribution >= 0.6 is 22.9 Å². The van der Waals surface area contributed by atoms with Gasteiger partial charge >= 0.3 is 5.97 Å². The topological polar surface area (TPSA) is 83.5 Å². The monoisotopic (exact) mass is 453 g/mol. The lowest BCUT2D eigenvalue weighted by Crippen LogP contribution is -2.58. The summed E-state index contributed by atoms with van der Waals surface area (Å²) >= 11 is 7.26. The number of carbonyl (C=O) groups is 3. The van der Waals surface area contributed by atoms with E-state index in [-0.39, 0.29) is 12.2 Å². The van der Waals surface area contributed by atoms with Crippen LogP contribution in [0.25, 0.3) is 0 Å². The van der Waals surface area contributed by atoms with Gasteiger partial charge in [0.25, 0.3) is 0 Å². The second kappa shape index (κ2) is 9.04. The summed E-state index contributed by atoms with van der Waals surface area (Å²) in [5.41, 5.74) is 1.70. The highest BCUT2D eigenvalue weighted by Crippen LogP contribution is 2.41. The number of thiophene rings is 1. The molecule has 1 fully saturated rings. The molecule has 1 aliphatic rings. The van der Waals surface area contributed by atoms with E-state index in [0.29, 0.717) is 4.34 Å². The molecular weight excluding hydrogens is 434 g/mol. The molecule has 1 saturated carbocycles. The summed E-state index contributed by atoms with van der Waals surface area (Å²) in [6.07, 6.45) is 0.276. The van der Waals surface area contributed by atoms with Gasteiger partial charge < -0.3 is 10.4 Å². The number of Topliss-reactive ketones (excluding diaryl/α,β-unsaturated/α-hetero) is 1. The molecule has 0 saturated heterocycles. The normalized spacial score (nSPS) is 20.3. The predicted octanol–water partition coefficient (Wildman–Crippen LogP) is 4.37. The summed E-state index contributed by atoms with van der Waals surface area (Å²) in [7, 11) is 0. The fourth-order valence-corrected chi connectivity index (χ4v) is 5.24. The molecule has 2 aromatic carbocycles. The summed E-state index contributed by atoms with van der Waals surface area (Å²) in [5, 5.41) is 12.7. The Kier molecular flexibility index (Phi) is 6.20. The highest BCUT2D eigenvalue weighted by Gasteiger charge is 2.57. The fraction of sp³-hybridized carbons (Fsp3) is 0.208. The molecule has 1 unspecified atom stereocenters. The highest BCUT2D eigenvalue weighted by molar-refractivity contribution is 7.16. The minimum atomic E-state index is -1.20. The first-order valence-electron chi connectivity index (χ1n) is 9.86. The van der Waals surface area contributed by atoms with Crippen LogP contribution < -0.4 is 5.32 Å². The number of carboxylic acids is 1. The van der Waals surface area contributed by atoms with Gasteiger partial charge in [0, 0.05) is 10.8 Å². The molecule has 4 rings (SSSR count). The fourth-order valence-electron chi connectivity index (χ4n) is 4.09. The number of aliphatic carboxylic acids is 1. The minimum absolute atomic E-state index is 0.276. The van der Waals surface area contributed by atoms with E-state index in [0.717, 1.165) is 16.0 Å². The second-order valence-electron chi connectivity index (χ2n) is 7.52. The maximum absolute atomic E-state index is 13.1. The molecule has 0 spiro atoms. The molecule has 3 aromatic rings. The van der Waals surface area contributed by atoms with E-state index < -0.39 is 35.7 Å². The highest BCUT2D eigenvalue weighted by atomic mass is 35.5. The first-order valence-corrected chi connectivity index (χ1v) is 11.1. The molecule has 0 bridgehead atoms. The van der Waals surface area contributed by atoms with E-state index in [2.05, 4.69) is 5.32 Å². The molecule has 5 nitrogen and oxygen atoms in total. The summed E-state index contributed by atoms with van der Waals surface area (Å²) in [5.74, 6) is -5.02. The van der Waals surface area contributed by atoms with Crippen molar-refractivity contribution in [1.29, 1.82) is 0 Å². The first-order chi connectivity index (χ1) is 15.0. The third-order valence-electron chi connectivity index (χ3n) is 5.63. The summed E-state index contributed by atoms with van der Waals surface area (Å²) in [4.78, 5) is 38.7. The Labute approximate surface area is 188 Å². The number of nitrogens with one attached hydrogen (secondary N) is 1. The van der Waals surface area contributed by atoms with Gasteiger partial charge in [-0.3, -0.25) is 14.4 Å². The summed E-state index contributed by atoms with van der Waals surface area (Å²) < 4.78 is 0.580. The summed E-state index contributed by atoms with van der Waals surface area (Å²) in [6.45, 7) is 0. The minimum Gasteiger partial charge on any atom is -0.481 e. The van der Waals surface area contributed by atoms with Gasteiger partial charge in [-0.1, -0.05) is 72.3 Å². The number of hydrogen-bond donors (Lipinski definition) is 2. The van der Waals surface area contributed by atoms with Crippen molar-refractivity contribution in [2.45, 2.75) is 12.5 Å². The van der Waals surface area contributed by atoms with Crippen molar-refractivity contribution < 1.29 is 19.5 Å². The third-order valence-corrected chi connectivity index (χ3v) is 6.89. The zero-order valence-electron chi connectivity index (χ0n) is 16.4. The van der Waals surface area contributed by atoms with Gasteiger partial charge in [-0.05, 0) is 29.7 Å². The standard InChI is InChI=1S/C24H20ClNO4S/c25-18-12-11-16(31-18)13-17-19(24(29)30)20(22(17)27)23(28)26-21(14-7-3-1-4-8-14)15-9-5-2-6-10-15/h1-12,17,19-21H,13H2,(H,26,28)(H,29,30)/t17-,19-,20?/m1/s1. The quantitative estimate of drug-likeness (QED) is 0.520. The summed E-state index contributed by atoms with van der Waals surface area (Å²) in [6, 6.07) is 21.8. The number of ketones is 1. The largest absolute Gasteiger partial charge is 0.481 e. The zero-order valence-corrected chi connectivity index (χ0v) is 18.0. The number of carbonyl (C=O) groups excluding carboxylic acids is 2. The molecule has 1 amide bonds. The predicted molar refractivity (Wildman–Crippen MR) is 119 cm³/mol. The van der Waals surface area contributed by atoms with Crippen LogP contribution in [0.3, 0.4) is 0 Å². The van der Waals surface area contributed by atoms with Crippen molar-refractivity contribution in [2.75, 3.05) is 0 Å². The van der Waals surface area contributed by atoms with E-state index in [1.54, 1.807) is 12.1 Å². The molecule has 0 radical (unpaired) electrons. The zero-order chi connectivity index (χ0) is 22.0. The van der Waals surface area contributed by atoms with Crippen molar-refractivity contribution in [3.63, 3.8) is 0 Å². The van der Waals surface area contributed by atoms with E-state index in [4.69, 9.17) is 11.6 Å². The SMILES string of the molecule is O=C(NC(c1ccccc1)c1ccccc1)C1C(=O)[C@H](Cc2ccc(Cl)s2)[C@H]1C(=O)O. The molecule has 7 heteroatoms. The van der Waals surface area contributed by atoms with Crippen LogP contribution in [0.15, 0.2) is 72.8 Å². The van der Waals surface area contributed by atoms with Crippen LogP contribution in [0.5, 0.6) is 0 Å². The van der Waals surface area contributed by atoms with Gasteiger partial charge in [0.05, 0.1) is 16.3 Å². The molecule has 158 valence electrons. The van der Waals surface area contributed by atoms with Crippen LogP contribution in [-0.4, -0.2) is 22.8 Å². The van der Waals surface area contributed by atoms with E-state index >= 15 is 0 Å². The van der Waals surface area contributed by atoms with Gasteiger partial charge in [-0.15, -0.1) is 11.3 Å². The van der Waals surface area contributed by atoms with Crippen molar-refractivity contribution in [2.24, 2.45) is 17.8 Å². The lowest BCUT2D eigenvalue weighted by atomic mass is 9.61. The van der Waals surface area contributed by atoms with Crippen LogP contribution in [0.4, 0.5) is 0 Å². The van der Waals surface area contributed by atoms with Gasteiger partial charge in [0.2, 0.25) is 5.91 Å². The molecule has 0 aliphatic heterocycles. The maximum atomic E-state index is 13.1. The number of hydrogen-bond acceptors (Lipinski definition) is 4. The number of rotatable bonds is 7. The Morgan fingerprint density at radius 1 is 0.968 bits per heavy atom. The average Bonchev–Trinajstić information content (AvgIpc) is 3.19. The number of halogens is 1. The Morgan fingerprint density at radius 2 is 1.55 bits per heavy atom. The van der Waals surface area contributed by atoms with E-state index in [9.17, 15) is 19.5 Å². The van der Waals surface area contributed by atoms with Gasteiger partial charge in [-0.25, -0.2) is 0 Å². The Bertz CT molecular complexity index is 1060. The molecular formula is C24H20ClNO4S. The van der Waals surface area contributed by atoms with Crippen molar-refractivity contribution >= 4 is 40.6 Å². The van der Waals surface area contributed by atoms with E-state index in [1.807, 2.05) is 60.7 Å². The molecule has 3 atom stereocenters. The Morgan fingerprint density at radius 3 is 2.03 bits per heavy atom. The lowest BCUT2D eigenvalue weighted by molar-refractivity contribution is -0.166. The number of carboxylic acid groups (broad SMARTS) is 1. The number of benzene rings is 2. The van der Waals surface area contributed by atoms with Crippen molar-refractivity contribution in [3.8, 4) is 0 Å². The number of amides is 1. The van der Waals surface area contributed by atoms with Gasteiger partial charge in [0.15, 0.2) is 5.78 Å². The van der Waals surface area contributed by atoms with E-state index in [1.165, 1.54) is 11.3 Å². The van der Waals surface area contributed by atoms with Gasteiger partial charge in [-0.2, -0.15) is 0 Å². The van der Waals surface area contributed by atoms with Gasteiger partial charge in [0.1, 0.15) is 5.92 Å². The van der Waals surface area contributed by atoms with Crippen LogP contribution in [0.2, 0.25) is 4.34 Å². The van der Waals surface area contributed by atoms with Crippen molar-refractivity contribution in [3.05, 3.63) is 93.1 Å². The molecule has 1 heterocycles. The molecule has 31 heavy (non-hydrogen) atoms. The third kappa shape index (κ3) is 4.40. The maximum Gasteiger partial charge on any atom is 0.308 e. The molecule has 1 aromatic heterocycles. The molecule has 1 aliphatic carbocycles. The van der Waals surface area contributed by atoms with Crippen molar-refractivity contribution in [1.82, 2.24) is 5.32 Å².